The number of carbonyl (C=O) groups excluding carboxylic acids is 1. The third-order valence-electron chi connectivity index (χ3n) is 5.27. The molecule has 1 atom stereocenters. The van der Waals surface area contributed by atoms with Crippen molar-refractivity contribution in [2.75, 3.05) is 11.5 Å². The molecule has 0 fully saturated rings. The van der Waals surface area contributed by atoms with Gasteiger partial charge < -0.3 is 9.64 Å². The number of esters is 1. The van der Waals surface area contributed by atoms with Gasteiger partial charge in [-0.15, -0.1) is 0 Å². The van der Waals surface area contributed by atoms with E-state index in [0.717, 1.165) is 27.1 Å². The smallest absolute Gasteiger partial charge is 0.330 e. The van der Waals surface area contributed by atoms with Crippen LogP contribution >= 0.6 is 15.9 Å². The highest BCUT2D eigenvalue weighted by atomic mass is 79.9. The second-order valence-corrected chi connectivity index (χ2v) is 8.80. The Morgan fingerprint density at radius 3 is 1.77 bits per heavy atom. The van der Waals surface area contributed by atoms with Gasteiger partial charge in [0.2, 0.25) is 0 Å². The number of benzene rings is 3. The van der Waals surface area contributed by atoms with E-state index in [1.807, 2.05) is 6.92 Å². The summed E-state index contributed by atoms with van der Waals surface area (Å²) in [4.78, 5) is 13.6. The minimum absolute atomic E-state index is 0.101. The molecule has 31 heavy (non-hydrogen) atoms. The van der Waals surface area contributed by atoms with Crippen molar-refractivity contribution in [3.05, 3.63) is 101 Å². The van der Waals surface area contributed by atoms with Crippen molar-refractivity contribution in [2.24, 2.45) is 0 Å². The maximum atomic E-state index is 11.3. The highest BCUT2D eigenvalue weighted by Gasteiger charge is 2.14. The van der Waals surface area contributed by atoms with Crippen LogP contribution in [0.3, 0.4) is 0 Å². The third-order valence-corrected chi connectivity index (χ3v) is 5.79. The molecule has 0 aliphatic rings. The van der Waals surface area contributed by atoms with Gasteiger partial charge in [-0.3, -0.25) is 0 Å². The number of ether oxygens (including phenoxy) is 1. The number of nitrogens with zero attached hydrogens (tertiary/aromatic N) is 1. The van der Waals surface area contributed by atoms with Crippen LogP contribution in [0.2, 0.25) is 0 Å². The van der Waals surface area contributed by atoms with Crippen LogP contribution in [0.4, 0.5) is 17.1 Å². The zero-order valence-electron chi connectivity index (χ0n) is 18.2. The Morgan fingerprint density at radius 1 is 0.871 bits per heavy atom. The van der Waals surface area contributed by atoms with Gasteiger partial charge in [0.05, 0.1) is 6.61 Å². The van der Waals surface area contributed by atoms with E-state index in [9.17, 15) is 4.79 Å². The Balaban J connectivity index is 1.91. The van der Waals surface area contributed by atoms with E-state index in [2.05, 4.69) is 114 Å². The molecule has 0 radical (unpaired) electrons. The Morgan fingerprint density at radius 2 is 1.32 bits per heavy atom. The maximum Gasteiger partial charge on any atom is 0.330 e. The van der Waals surface area contributed by atoms with E-state index in [1.165, 1.54) is 11.6 Å². The quantitative estimate of drug-likeness (QED) is 0.244. The molecule has 3 rings (SSSR count). The van der Waals surface area contributed by atoms with Crippen LogP contribution in [0.25, 0.3) is 0 Å². The summed E-state index contributed by atoms with van der Waals surface area (Å²) in [5.74, 6) is 0.199. The fourth-order valence-electron chi connectivity index (χ4n) is 3.36. The first-order valence-corrected chi connectivity index (χ1v) is 11.2. The molecule has 0 spiro atoms. The zero-order chi connectivity index (χ0) is 22.4. The fraction of sp³-hybridized carbons (Fsp3) is 0.222. The first kappa shape index (κ1) is 22.8. The predicted octanol–water partition coefficient (Wildman–Crippen LogP) is 7.88. The summed E-state index contributed by atoms with van der Waals surface area (Å²) >= 11 is 3.53. The molecule has 0 amide bonds. The molecule has 4 heteroatoms. The number of halogens is 1. The van der Waals surface area contributed by atoms with Gasteiger partial charge in [-0.05, 0) is 65.6 Å². The second kappa shape index (κ2) is 10.5. The Bertz CT molecular complexity index is 1010. The number of hydrogen-bond acceptors (Lipinski definition) is 3. The van der Waals surface area contributed by atoms with Gasteiger partial charge in [0.1, 0.15) is 0 Å². The summed E-state index contributed by atoms with van der Waals surface area (Å²) < 4.78 is 6.24. The molecule has 3 nitrogen and oxygen atoms in total. The van der Waals surface area contributed by atoms with Gasteiger partial charge in [0.15, 0.2) is 0 Å². The van der Waals surface area contributed by atoms with E-state index in [0.29, 0.717) is 12.5 Å². The van der Waals surface area contributed by atoms with Crippen LogP contribution in [-0.4, -0.2) is 12.6 Å². The van der Waals surface area contributed by atoms with Crippen LogP contribution in [0.1, 0.15) is 43.7 Å². The Kier molecular flexibility index (Phi) is 7.69. The monoisotopic (exact) mass is 477 g/mol. The summed E-state index contributed by atoms with van der Waals surface area (Å²) in [6.07, 6.45) is 1.19. The molecular formula is C27H28BrNO2. The molecule has 0 saturated heterocycles. The lowest BCUT2D eigenvalue weighted by atomic mass is 10.0. The van der Waals surface area contributed by atoms with Crippen LogP contribution in [0, 0.1) is 0 Å². The average molecular weight is 478 g/mol. The first-order valence-electron chi connectivity index (χ1n) is 10.4. The molecule has 3 aromatic rings. The molecule has 0 bridgehead atoms. The van der Waals surface area contributed by atoms with Gasteiger partial charge in [-0.2, -0.15) is 0 Å². The predicted molar refractivity (Wildman–Crippen MR) is 132 cm³/mol. The largest absolute Gasteiger partial charge is 0.462 e. The van der Waals surface area contributed by atoms with Crippen molar-refractivity contribution in [2.45, 2.75) is 32.6 Å². The van der Waals surface area contributed by atoms with Crippen molar-refractivity contribution >= 4 is 39.0 Å². The molecule has 0 aliphatic heterocycles. The minimum Gasteiger partial charge on any atom is -0.462 e. The normalized spacial score (nSPS) is 11.8. The van der Waals surface area contributed by atoms with Crippen molar-refractivity contribution in [3.8, 4) is 0 Å². The van der Waals surface area contributed by atoms with Crippen molar-refractivity contribution < 1.29 is 9.53 Å². The zero-order valence-corrected chi connectivity index (χ0v) is 19.8. The lowest BCUT2D eigenvalue weighted by Gasteiger charge is -2.26. The SMILES string of the molecule is C=CC(=O)OCC(C)c1ccc(N(c2ccc(Br)cc2)c2ccc(C(C)C)cc2)cc1. The Hall–Kier alpha value is -2.85. The van der Waals surface area contributed by atoms with E-state index in [4.69, 9.17) is 4.74 Å². The fourth-order valence-corrected chi connectivity index (χ4v) is 3.62. The lowest BCUT2D eigenvalue weighted by molar-refractivity contribution is -0.138. The van der Waals surface area contributed by atoms with Gasteiger partial charge >= 0.3 is 5.97 Å². The van der Waals surface area contributed by atoms with Crippen molar-refractivity contribution in [1.29, 1.82) is 0 Å². The lowest BCUT2D eigenvalue weighted by Crippen LogP contribution is -2.11. The summed E-state index contributed by atoms with van der Waals surface area (Å²) in [5.41, 5.74) is 5.69. The third kappa shape index (κ3) is 5.86. The van der Waals surface area contributed by atoms with Gasteiger partial charge in [0.25, 0.3) is 0 Å². The first-order chi connectivity index (χ1) is 14.9. The van der Waals surface area contributed by atoms with Gasteiger partial charge in [-0.25, -0.2) is 4.79 Å². The minimum atomic E-state index is -0.394. The van der Waals surface area contributed by atoms with E-state index < -0.39 is 5.97 Å². The van der Waals surface area contributed by atoms with Crippen molar-refractivity contribution in [1.82, 2.24) is 0 Å². The molecule has 0 aliphatic carbocycles. The average Bonchev–Trinajstić information content (AvgIpc) is 2.79. The van der Waals surface area contributed by atoms with Crippen LogP contribution < -0.4 is 4.90 Å². The molecule has 0 heterocycles. The van der Waals surface area contributed by atoms with Crippen LogP contribution in [0.15, 0.2) is 89.9 Å². The van der Waals surface area contributed by atoms with E-state index in [1.54, 1.807) is 0 Å². The number of anilines is 3. The summed E-state index contributed by atoms with van der Waals surface area (Å²) in [5, 5.41) is 0. The topological polar surface area (TPSA) is 29.5 Å². The maximum absolute atomic E-state index is 11.3. The summed E-state index contributed by atoms with van der Waals surface area (Å²) in [6, 6.07) is 25.4. The Labute approximate surface area is 193 Å². The molecule has 0 aromatic heterocycles. The van der Waals surface area contributed by atoms with Crippen LogP contribution in [-0.2, 0) is 9.53 Å². The molecule has 0 N–H and O–H groups in total. The van der Waals surface area contributed by atoms with Crippen molar-refractivity contribution in [3.63, 3.8) is 0 Å². The number of carbonyl (C=O) groups is 1. The highest BCUT2D eigenvalue weighted by molar-refractivity contribution is 9.10. The van der Waals surface area contributed by atoms with E-state index in [-0.39, 0.29) is 5.92 Å². The second-order valence-electron chi connectivity index (χ2n) is 7.88. The van der Waals surface area contributed by atoms with Crippen LogP contribution in [0.5, 0.6) is 0 Å². The molecule has 160 valence electrons. The summed E-state index contributed by atoms with van der Waals surface area (Å²) in [6.45, 7) is 10.2. The number of rotatable bonds is 8. The molecule has 1 unspecified atom stereocenters. The number of hydrogen-bond donors (Lipinski definition) is 0. The summed E-state index contributed by atoms with van der Waals surface area (Å²) in [7, 11) is 0. The standard InChI is InChI=1S/C27H28BrNO2/c1-5-27(30)31-18-20(4)22-8-14-25(15-9-22)29(26-16-10-23(28)11-17-26)24-12-6-21(7-13-24)19(2)3/h5-17,19-20H,1,18H2,2-4H3. The van der Waals surface area contributed by atoms with Gasteiger partial charge in [0, 0.05) is 33.5 Å². The molecule has 3 aromatic carbocycles. The molecular weight excluding hydrogens is 450 g/mol. The highest BCUT2D eigenvalue weighted by Crippen LogP contribution is 2.36. The van der Waals surface area contributed by atoms with E-state index >= 15 is 0 Å². The van der Waals surface area contributed by atoms with Gasteiger partial charge in [-0.1, -0.05) is 67.5 Å². The molecule has 0 saturated carbocycles.